The highest BCUT2D eigenvalue weighted by molar-refractivity contribution is 5.49. The molecule has 2 aromatic rings. The second kappa shape index (κ2) is 5.43. The molecule has 0 radical (unpaired) electrons. The Kier molecular flexibility index (Phi) is 3.28. The van der Waals surface area contributed by atoms with Gasteiger partial charge in [-0.25, -0.2) is 14.8 Å². The maximum Gasteiger partial charge on any atom is 0.438 e. The molecule has 3 heterocycles. The molecule has 22 heavy (non-hydrogen) atoms. The van der Waals surface area contributed by atoms with Gasteiger partial charge < -0.3 is 9.64 Å². The van der Waals surface area contributed by atoms with Crippen molar-refractivity contribution in [3.63, 3.8) is 0 Å². The largest absolute Gasteiger partial charge is 0.472 e. The lowest BCUT2D eigenvalue weighted by atomic mass is 9.96. The van der Waals surface area contributed by atoms with Crippen molar-refractivity contribution >= 4 is 5.82 Å². The molecule has 8 heteroatoms. The molecular weight excluding hydrogens is 286 g/mol. The first-order valence-corrected chi connectivity index (χ1v) is 7.58. The second-order valence-electron chi connectivity index (χ2n) is 5.77. The molecule has 0 amide bonds. The molecule has 0 spiro atoms. The summed E-state index contributed by atoms with van der Waals surface area (Å²) in [5, 5.41) is 3.78. The molecule has 1 N–H and O–H groups in total. The third-order valence-electron chi connectivity index (χ3n) is 4.31. The molecule has 1 atom stereocenters. The number of aromatic nitrogens is 4. The third-order valence-corrected chi connectivity index (χ3v) is 4.31. The molecule has 0 bridgehead atoms. The smallest absolute Gasteiger partial charge is 0.438 e. The van der Waals surface area contributed by atoms with Crippen molar-refractivity contribution in [3.05, 3.63) is 28.8 Å². The van der Waals surface area contributed by atoms with Gasteiger partial charge in [0.1, 0.15) is 6.10 Å². The van der Waals surface area contributed by atoms with Crippen LogP contribution >= 0.6 is 0 Å². The zero-order chi connectivity index (χ0) is 14.9. The highest BCUT2D eigenvalue weighted by Gasteiger charge is 2.31. The van der Waals surface area contributed by atoms with Gasteiger partial charge in [-0.15, -0.1) is 0 Å². The van der Waals surface area contributed by atoms with Crippen LogP contribution in [0.3, 0.4) is 0 Å². The minimum Gasteiger partial charge on any atom is -0.472 e. The van der Waals surface area contributed by atoms with Crippen molar-refractivity contribution in [1.29, 1.82) is 0 Å². The van der Waals surface area contributed by atoms with Crippen LogP contribution in [-0.4, -0.2) is 39.3 Å². The van der Waals surface area contributed by atoms with E-state index in [9.17, 15) is 4.79 Å². The van der Waals surface area contributed by atoms with Gasteiger partial charge in [-0.3, -0.25) is 9.51 Å². The van der Waals surface area contributed by atoms with Crippen LogP contribution in [0, 0.1) is 0 Å². The number of anilines is 1. The van der Waals surface area contributed by atoms with E-state index in [1.165, 1.54) is 6.42 Å². The quantitative estimate of drug-likeness (QED) is 0.902. The Balaban J connectivity index is 1.51. The van der Waals surface area contributed by atoms with Crippen LogP contribution in [0.5, 0.6) is 5.88 Å². The van der Waals surface area contributed by atoms with E-state index in [1.807, 2.05) is 0 Å². The van der Waals surface area contributed by atoms with E-state index in [-0.39, 0.29) is 12.0 Å². The summed E-state index contributed by atoms with van der Waals surface area (Å²) in [6, 6.07) is 0. The van der Waals surface area contributed by atoms with Gasteiger partial charge >= 0.3 is 5.76 Å². The van der Waals surface area contributed by atoms with Crippen LogP contribution in [0.4, 0.5) is 5.82 Å². The molecule has 4 rings (SSSR count). The zero-order valence-corrected chi connectivity index (χ0v) is 12.1. The van der Waals surface area contributed by atoms with Crippen LogP contribution in [0.15, 0.2) is 21.7 Å². The summed E-state index contributed by atoms with van der Waals surface area (Å²) in [5.74, 6) is 1.58. The fraction of sp³-hybridized carbons (Fsp3) is 0.571. The molecule has 1 saturated carbocycles. The van der Waals surface area contributed by atoms with Crippen LogP contribution in [0.25, 0.3) is 0 Å². The average molecular weight is 303 g/mol. The van der Waals surface area contributed by atoms with Gasteiger partial charge in [0.15, 0.2) is 11.6 Å². The van der Waals surface area contributed by atoms with E-state index in [0.29, 0.717) is 18.2 Å². The van der Waals surface area contributed by atoms with Crippen molar-refractivity contribution in [2.24, 2.45) is 0 Å². The van der Waals surface area contributed by atoms with Gasteiger partial charge in [0.05, 0.1) is 0 Å². The number of aromatic amines is 1. The first-order chi connectivity index (χ1) is 10.8. The molecule has 1 unspecified atom stereocenters. The number of H-pyrrole nitrogens is 1. The molecular formula is C14H17N5O3. The monoisotopic (exact) mass is 303 g/mol. The van der Waals surface area contributed by atoms with Crippen LogP contribution in [0.1, 0.15) is 37.4 Å². The van der Waals surface area contributed by atoms with E-state index in [0.717, 1.165) is 31.6 Å². The van der Waals surface area contributed by atoms with Gasteiger partial charge in [-0.05, 0) is 25.7 Å². The number of nitrogens with zero attached hydrogens (tertiary/aromatic N) is 4. The first kappa shape index (κ1) is 13.3. The molecule has 1 aliphatic carbocycles. The van der Waals surface area contributed by atoms with Crippen molar-refractivity contribution < 1.29 is 9.26 Å². The fourth-order valence-electron chi connectivity index (χ4n) is 2.86. The molecule has 116 valence electrons. The van der Waals surface area contributed by atoms with Crippen molar-refractivity contribution in [1.82, 2.24) is 20.1 Å². The van der Waals surface area contributed by atoms with E-state index in [4.69, 9.17) is 4.74 Å². The van der Waals surface area contributed by atoms with Crippen molar-refractivity contribution in [3.8, 4) is 5.88 Å². The van der Waals surface area contributed by atoms with Gasteiger partial charge in [0.25, 0.3) is 5.88 Å². The molecule has 1 aliphatic heterocycles. The number of hydrogen-bond acceptors (Lipinski definition) is 7. The molecule has 1 saturated heterocycles. The SMILES string of the molecule is O=c1[nH]c(C2CCN(c3nccnc3OC3CCC3)C2)no1. The Hall–Kier alpha value is -2.38. The summed E-state index contributed by atoms with van der Waals surface area (Å²) in [7, 11) is 0. The number of rotatable bonds is 4. The minimum atomic E-state index is -0.512. The summed E-state index contributed by atoms with van der Waals surface area (Å²) in [4.78, 5) is 24.6. The fourth-order valence-corrected chi connectivity index (χ4v) is 2.86. The Morgan fingerprint density at radius 1 is 1.27 bits per heavy atom. The van der Waals surface area contributed by atoms with E-state index >= 15 is 0 Å². The Morgan fingerprint density at radius 3 is 2.86 bits per heavy atom. The number of nitrogens with one attached hydrogen (secondary N) is 1. The molecule has 8 nitrogen and oxygen atoms in total. The summed E-state index contributed by atoms with van der Waals surface area (Å²) in [6.45, 7) is 1.53. The van der Waals surface area contributed by atoms with E-state index < -0.39 is 5.76 Å². The Labute approximate surface area is 126 Å². The lowest BCUT2D eigenvalue weighted by Gasteiger charge is -2.28. The van der Waals surface area contributed by atoms with Crippen LogP contribution in [0.2, 0.25) is 0 Å². The maximum absolute atomic E-state index is 11.1. The summed E-state index contributed by atoms with van der Waals surface area (Å²) < 4.78 is 10.5. The Bertz CT molecular complexity index is 708. The number of hydrogen-bond donors (Lipinski definition) is 1. The van der Waals surface area contributed by atoms with Crippen molar-refractivity contribution in [2.45, 2.75) is 37.7 Å². The Morgan fingerprint density at radius 2 is 2.14 bits per heavy atom. The lowest BCUT2D eigenvalue weighted by molar-refractivity contribution is 0.114. The highest BCUT2D eigenvalue weighted by atomic mass is 16.5. The maximum atomic E-state index is 11.1. The van der Waals surface area contributed by atoms with E-state index in [2.05, 4.69) is 29.5 Å². The topological polar surface area (TPSA) is 97.1 Å². The predicted octanol–water partition coefficient (Wildman–Crippen LogP) is 1.08. The van der Waals surface area contributed by atoms with Gasteiger partial charge in [0.2, 0.25) is 0 Å². The zero-order valence-electron chi connectivity index (χ0n) is 12.1. The molecule has 0 aromatic carbocycles. The van der Waals surface area contributed by atoms with Crippen molar-refractivity contribution in [2.75, 3.05) is 18.0 Å². The average Bonchev–Trinajstić information content (AvgIpc) is 3.12. The van der Waals surface area contributed by atoms with Gasteiger partial charge in [0, 0.05) is 31.4 Å². The molecule has 2 aliphatic rings. The standard InChI is InChI=1S/C14H17N5O3/c20-14-17-11(18-22-14)9-4-7-19(8-9)12-13(16-6-5-15-12)21-10-2-1-3-10/h5-6,9-10H,1-4,7-8H2,(H,17,18,20). The van der Waals surface area contributed by atoms with Crippen LogP contribution in [-0.2, 0) is 0 Å². The summed E-state index contributed by atoms with van der Waals surface area (Å²) >= 11 is 0. The van der Waals surface area contributed by atoms with Gasteiger partial charge in [-0.1, -0.05) is 5.16 Å². The van der Waals surface area contributed by atoms with Gasteiger partial charge in [-0.2, -0.15) is 0 Å². The first-order valence-electron chi connectivity index (χ1n) is 7.58. The molecule has 2 aromatic heterocycles. The van der Waals surface area contributed by atoms with Crippen LogP contribution < -0.4 is 15.4 Å². The normalized spacial score (nSPS) is 21.8. The number of ether oxygens (including phenoxy) is 1. The highest BCUT2D eigenvalue weighted by Crippen LogP contribution is 2.34. The predicted molar refractivity (Wildman–Crippen MR) is 77.0 cm³/mol. The third kappa shape index (κ3) is 2.44. The minimum absolute atomic E-state index is 0.130. The summed E-state index contributed by atoms with van der Waals surface area (Å²) in [6.07, 6.45) is 7.85. The van der Waals surface area contributed by atoms with E-state index in [1.54, 1.807) is 12.4 Å². The second-order valence-corrected chi connectivity index (χ2v) is 5.77. The summed E-state index contributed by atoms with van der Waals surface area (Å²) in [5.41, 5.74) is 0. The molecule has 2 fully saturated rings. The lowest BCUT2D eigenvalue weighted by Crippen LogP contribution is -2.28.